The average molecular weight is 1230 g/mol. The minimum Gasteiger partial charge on any atom is -0.311 e. The van der Waals surface area contributed by atoms with Crippen molar-refractivity contribution in [2.45, 2.75) is 55.4 Å². The van der Waals surface area contributed by atoms with Crippen LogP contribution in [-0.4, -0.2) is 0 Å². The summed E-state index contributed by atoms with van der Waals surface area (Å²) in [7, 11) is 0. The molecule has 4 heterocycles. The zero-order valence-corrected chi connectivity index (χ0v) is 55.2. The number of nitrogens with zero attached hydrogens (tertiary/aromatic N) is 2. The Hall–Kier alpha value is -9.40. The standard InChI is InChI=1S/C84H68N2S4/c1-53-57(5)81(87-77(53)63-21-13-9-14-22-63)67-33-45-73(46-34-67)85(74-47-35-68(36-48-74)82-58(6)54(2)78(88-82)64-23-15-10-16-24-64)71-41-29-61(30-42-71)62-31-43-72(44-32-62)86(75-49-37-69(38-50-75)83-59(7)55(3)79(89-83)65-25-17-11-18-26-65)76-51-39-70(40-52-76)84-60(8)56(4)80(90-84)66-27-19-12-20-28-66/h9-52H,1-8H3. The van der Waals surface area contributed by atoms with Crippen LogP contribution in [0.5, 0.6) is 0 Å². The second-order valence-electron chi connectivity index (χ2n) is 23.5. The summed E-state index contributed by atoms with van der Waals surface area (Å²) in [4.78, 5) is 15.4. The van der Waals surface area contributed by atoms with Crippen LogP contribution in [0.25, 0.3) is 94.7 Å². The molecule has 0 atom stereocenters. The molecule has 0 unspecified atom stereocenters. The molecule has 0 saturated carbocycles. The van der Waals surface area contributed by atoms with E-state index in [0.717, 1.165) is 45.3 Å². The normalized spacial score (nSPS) is 11.3. The van der Waals surface area contributed by atoms with E-state index in [4.69, 9.17) is 0 Å². The molecule has 0 saturated heterocycles. The summed E-state index contributed by atoms with van der Waals surface area (Å²) in [6.07, 6.45) is 0. The number of thiophene rings is 4. The zero-order chi connectivity index (χ0) is 61.6. The Balaban J connectivity index is 0.794. The quantitative estimate of drug-likeness (QED) is 0.101. The second kappa shape index (κ2) is 24.9. The Morgan fingerprint density at radius 3 is 0.444 bits per heavy atom. The number of anilines is 6. The fraction of sp³-hybridized carbons (Fsp3) is 0.0952. The van der Waals surface area contributed by atoms with Crippen molar-refractivity contribution in [3.05, 3.63) is 311 Å². The molecule has 0 N–H and O–H groups in total. The smallest absolute Gasteiger partial charge is 0.0462 e. The molecule has 0 radical (unpaired) electrons. The summed E-state index contributed by atoms with van der Waals surface area (Å²) in [5.41, 5.74) is 29.6. The predicted molar refractivity (Wildman–Crippen MR) is 394 cm³/mol. The van der Waals surface area contributed by atoms with Crippen LogP contribution in [0.4, 0.5) is 34.1 Å². The molecule has 0 aliphatic rings. The number of benzene rings is 10. The molecule has 14 rings (SSSR count). The van der Waals surface area contributed by atoms with E-state index >= 15 is 0 Å². The fourth-order valence-corrected chi connectivity index (χ4v) is 17.8. The minimum absolute atomic E-state index is 1.09. The lowest BCUT2D eigenvalue weighted by atomic mass is 10.0. The molecule has 2 nitrogen and oxygen atoms in total. The zero-order valence-electron chi connectivity index (χ0n) is 51.9. The molecule has 10 aromatic carbocycles. The van der Waals surface area contributed by atoms with Crippen LogP contribution >= 0.6 is 45.3 Å². The van der Waals surface area contributed by atoms with Gasteiger partial charge in [-0.2, -0.15) is 0 Å². The van der Waals surface area contributed by atoms with Crippen molar-refractivity contribution in [1.29, 1.82) is 0 Å². The first-order chi connectivity index (χ1) is 43.9. The molecule has 0 fully saturated rings. The van der Waals surface area contributed by atoms with Crippen molar-refractivity contribution >= 4 is 79.5 Å². The van der Waals surface area contributed by atoms with Gasteiger partial charge in [-0.15, -0.1) is 45.3 Å². The van der Waals surface area contributed by atoms with Gasteiger partial charge in [0.1, 0.15) is 0 Å². The monoisotopic (exact) mass is 1230 g/mol. The topological polar surface area (TPSA) is 6.48 Å². The van der Waals surface area contributed by atoms with Gasteiger partial charge < -0.3 is 9.80 Å². The summed E-state index contributed by atoms with van der Waals surface area (Å²) in [6, 6.07) is 98.1. The van der Waals surface area contributed by atoms with Gasteiger partial charge in [-0.25, -0.2) is 0 Å². The van der Waals surface area contributed by atoms with E-state index in [2.05, 4.69) is 332 Å². The first kappa shape index (κ1) is 58.3. The van der Waals surface area contributed by atoms with Crippen LogP contribution in [-0.2, 0) is 0 Å². The second-order valence-corrected chi connectivity index (χ2v) is 27.5. The first-order valence-corrected chi connectivity index (χ1v) is 34.1. The maximum Gasteiger partial charge on any atom is 0.0462 e. The molecule has 0 spiro atoms. The Kier molecular flexibility index (Phi) is 16.1. The number of rotatable bonds is 15. The van der Waals surface area contributed by atoms with E-state index in [1.165, 1.54) is 128 Å². The average Bonchev–Trinajstić information content (AvgIpc) is 1.98. The van der Waals surface area contributed by atoms with Gasteiger partial charge in [-0.1, -0.05) is 194 Å². The van der Waals surface area contributed by atoms with Gasteiger partial charge in [0.2, 0.25) is 0 Å². The maximum absolute atomic E-state index is 2.39. The molecular formula is C84H68N2S4. The van der Waals surface area contributed by atoms with Gasteiger partial charge in [0.15, 0.2) is 0 Å². The van der Waals surface area contributed by atoms with E-state index in [1.54, 1.807) is 0 Å². The SMILES string of the molecule is Cc1c(-c2ccccc2)sc(-c2ccc(N(c3ccc(-c4ccc(N(c5ccc(-c6sc(-c7ccccc7)c(C)c6C)cc5)c5ccc(-c6sc(-c7ccccc7)c(C)c6C)cc5)cc4)cc3)c3ccc(-c4sc(-c5ccccc5)c(C)c4C)cc3)cc2)c1C. The number of hydrogen-bond acceptors (Lipinski definition) is 6. The molecule has 0 amide bonds. The third-order valence-electron chi connectivity index (χ3n) is 18.1. The third-order valence-corrected chi connectivity index (χ3v) is 24.0. The van der Waals surface area contributed by atoms with Gasteiger partial charge >= 0.3 is 0 Å². The van der Waals surface area contributed by atoms with E-state index < -0.39 is 0 Å². The first-order valence-electron chi connectivity index (χ1n) is 30.8. The molecule has 90 heavy (non-hydrogen) atoms. The molecule has 6 heteroatoms. The fourth-order valence-electron chi connectivity index (χ4n) is 12.5. The lowest BCUT2D eigenvalue weighted by molar-refractivity contribution is 1.28. The Morgan fingerprint density at radius 2 is 0.289 bits per heavy atom. The largest absolute Gasteiger partial charge is 0.311 e. The highest BCUT2D eigenvalue weighted by Gasteiger charge is 2.22. The van der Waals surface area contributed by atoms with Crippen LogP contribution in [0.1, 0.15) is 44.5 Å². The highest BCUT2D eigenvalue weighted by molar-refractivity contribution is 7.20. The van der Waals surface area contributed by atoms with E-state index in [1.807, 2.05) is 45.3 Å². The molecular weight excluding hydrogens is 1170 g/mol. The third kappa shape index (κ3) is 11.1. The highest BCUT2D eigenvalue weighted by atomic mass is 32.1. The Labute approximate surface area is 546 Å². The van der Waals surface area contributed by atoms with E-state index in [-0.39, 0.29) is 0 Å². The molecule has 0 aliphatic heterocycles. The Morgan fingerprint density at radius 1 is 0.156 bits per heavy atom. The minimum atomic E-state index is 1.09. The summed E-state index contributed by atoms with van der Waals surface area (Å²) in [6.45, 7) is 18.1. The summed E-state index contributed by atoms with van der Waals surface area (Å²) < 4.78 is 0. The summed E-state index contributed by atoms with van der Waals surface area (Å²) in [5, 5.41) is 0. The van der Waals surface area contributed by atoms with Crippen molar-refractivity contribution in [3.63, 3.8) is 0 Å². The summed E-state index contributed by atoms with van der Waals surface area (Å²) in [5.74, 6) is 0. The van der Waals surface area contributed by atoms with Gasteiger partial charge in [0.05, 0.1) is 0 Å². The number of hydrogen-bond donors (Lipinski definition) is 0. The van der Waals surface area contributed by atoms with E-state index in [0.29, 0.717) is 0 Å². The van der Waals surface area contributed by atoms with Gasteiger partial charge in [-0.05, 0) is 228 Å². The molecule has 14 aromatic rings. The van der Waals surface area contributed by atoms with Crippen molar-refractivity contribution in [2.24, 2.45) is 0 Å². The summed E-state index contributed by atoms with van der Waals surface area (Å²) >= 11 is 7.55. The van der Waals surface area contributed by atoms with Crippen LogP contribution < -0.4 is 9.80 Å². The van der Waals surface area contributed by atoms with Crippen molar-refractivity contribution in [3.8, 4) is 94.7 Å². The highest BCUT2D eigenvalue weighted by Crippen LogP contribution is 2.48. The Bertz CT molecular complexity index is 4240. The predicted octanol–water partition coefficient (Wildman–Crippen LogP) is 26.3. The van der Waals surface area contributed by atoms with Crippen molar-refractivity contribution < 1.29 is 0 Å². The lowest BCUT2D eigenvalue weighted by Crippen LogP contribution is -2.10. The van der Waals surface area contributed by atoms with Crippen LogP contribution in [0.15, 0.2) is 267 Å². The van der Waals surface area contributed by atoms with Crippen LogP contribution in [0, 0.1) is 55.4 Å². The maximum atomic E-state index is 2.39. The molecule has 0 bridgehead atoms. The molecule has 0 aliphatic carbocycles. The van der Waals surface area contributed by atoms with Gasteiger partial charge in [0.25, 0.3) is 0 Å². The van der Waals surface area contributed by atoms with Crippen LogP contribution in [0.3, 0.4) is 0 Å². The molecule has 438 valence electrons. The van der Waals surface area contributed by atoms with Crippen molar-refractivity contribution in [2.75, 3.05) is 9.80 Å². The van der Waals surface area contributed by atoms with Gasteiger partial charge in [-0.3, -0.25) is 0 Å². The van der Waals surface area contributed by atoms with Gasteiger partial charge in [0, 0.05) is 73.1 Å². The van der Waals surface area contributed by atoms with Crippen LogP contribution in [0.2, 0.25) is 0 Å². The van der Waals surface area contributed by atoms with E-state index in [9.17, 15) is 0 Å². The lowest BCUT2D eigenvalue weighted by Gasteiger charge is -2.27. The molecule has 4 aromatic heterocycles. The van der Waals surface area contributed by atoms with Crippen molar-refractivity contribution in [1.82, 2.24) is 0 Å².